The molecule has 2 N–H and O–H groups in total. The molecule has 0 aliphatic heterocycles. The van der Waals surface area contributed by atoms with Crippen LogP contribution in [0.15, 0.2) is 24.3 Å². The second-order valence-corrected chi connectivity index (χ2v) is 3.35. The van der Waals surface area contributed by atoms with E-state index in [1.54, 1.807) is 0 Å². The molecule has 58 valence electrons. The molecule has 0 atom stereocenters. The molecular weight excluding hydrogens is 134 g/mol. The van der Waals surface area contributed by atoms with Crippen LogP contribution in [0.4, 0.5) is 5.69 Å². The molecule has 1 heteroatoms. The number of rotatable bonds is 2. The quantitative estimate of drug-likeness (QED) is 0.638. The summed E-state index contributed by atoms with van der Waals surface area (Å²) in [6.07, 6.45) is 3.98. The van der Waals surface area contributed by atoms with Crippen LogP contribution in [0.1, 0.15) is 18.4 Å². The second kappa shape index (κ2) is 2.57. The summed E-state index contributed by atoms with van der Waals surface area (Å²) in [5.41, 5.74) is 8.08. The SMILES string of the molecule is Nc1ccccc1CC1CC1. The molecule has 0 aromatic heterocycles. The van der Waals surface area contributed by atoms with Crippen molar-refractivity contribution >= 4 is 5.69 Å². The maximum Gasteiger partial charge on any atom is 0.0346 e. The zero-order chi connectivity index (χ0) is 7.68. The summed E-state index contributed by atoms with van der Waals surface area (Å²) in [7, 11) is 0. The van der Waals surface area contributed by atoms with Crippen molar-refractivity contribution in [1.82, 2.24) is 0 Å². The second-order valence-electron chi connectivity index (χ2n) is 3.35. The van der Waals surface area contributed by atoms with Crippen LogP contribution >= 0.6 is 0 Å². The van der Waals surface area contributed by atoms with Crippen LogP contribution in [0, 0.1) is 5.92 Å². The van der Waals surface area contributed by atoms with Gasteiger partial charge in [-0.3, -0.25) is 0 Å². The molecule has 1 saturated carbocycles. The third-order valence-electron chi connectivity index (χ3n) is 2.26. The third kappa shape index (κ3) is 1.53. The van der Waals surface area contributed by atoms with Crippen molar-refractivity contribution in [3.8, 4) is 0 Å². The lowest BCUT2D eigenvalue weighted by Gasteiger charge is -2.02. The van der Waals surface area contributed by atoms with Gasteiger partial charge in [0.2, 0.25) is 0 Å². The van der Waals surface area contributed by atoms with Gasteiger partial charge in [-0.2, -0.15) is 0 Å². The molecule has 0 heterocycles. The highest BCUT2D eigenvalue weighted by Gasteiger charge is 2.21. The van der Waals surface area contributed by atoms with Gasteiger partial charge in [0.05, 0.1) is 0 Å². The third-order valence-corrected chi connectivity index (χ3v) is 2.26. The Morgan fingerprint density at radius 2 is 2.00 bits per heavy atom. The molecule has 1 aromatic carbocycles. The van der Waals surface area contributed by atoms with E-state index in [0.29, 0.717) is 0 Å². The summed E-state index contributed by atoms with van der Waals surface area (Å²) >= 11 is 0. The number of para-hydroxylation sites is 1. The van der Waals surface area contributed by atoms with E-state index in [4.69, 9.17) is 5.73 Å². The molecule has 1 nitrogen and oxygen atoms in total. The molecule has 0 bridgehead atoms. The monoisotopic (exact) mass is 147 g/mol. The van der Waals surface area contributed by atoms with Gasteiger partial charge >= 0.3 is 0 Å². The molecule has 2 rings (SSSR count). The van der Waals surface area contributed by atoms with Gasteiger partial charge in [0, 0.05) is 5.69 Å². The molecule has 0 unspecified atom stereocenters. The minimum Gasteiger partial charge on any atom is -0.399 e. The van der Waals surface area contributed by atoms with Crippen molar-refractivity contribution in [1.29, 1.82) is 0 Å². The Bertz CT molecular complexity index is 251. The number of benzene rings is 1. The molecule has 0 radical (unpaired) electrons. The Balaban J connectivity index is 2.15. The lowest BCUT2D eigenvalue weighted by molar-refractivity contribution is 0.834. The Kier molecular flexibility index (Phi) is 1.57. The predicted octanol–water partition coefficient (Wildman–Crippen LogP) is 2.22. The fraction of sp³-hybridized carbons (Fsp3) is 0.400. The average Bonchev–Trinajstić information content (AvgIpc) is 2.78. The Morgan fingerprint density at radius 3 is 2.64 bits per heavy atom. The van der Waals surface area contributed by atoms with Crippen LogP contribution in [0.2, 0.25) is 0 Å². The van der Waals surface area contributed by atoms with Crippen LogP contribution in [0.5, 0.6) is 0 Å². The highest BCUT2D eigenvalue weighted by molar-refractivity contribution is 5.46. The van der Waals surface area contributed by atoms with Crippen molar-refractivity contribution in [2.45, 2.75) is 19.3 Å². The number of hydrogen-bond acceptors (Lipinski definition) is 1. The van der Waals surface area contributed by atoms with E-state index in [1.165, 1.54) is 24.8 Å². The van der Waals surface area contributed by atoms with Crippen molar-refractivity contribution in [3.63, 3.8) is 0 Å². The first-order chi connectivity index (χ1) is 5.36. The molecule has 0 saturated heterocycles. The van der Waals surface area contributed by atoms with Crippen LogP contribution in [-0.2, 0) is 6.42 Å². The summed E-state index contributed by atoms with van der Waals surface area (Å²) in [6.45, 7) is 0. The van der Waals surface area contributed by atoms with Crippen LogP contribution in [-0.4, -0.2) is 0 Å². The van der Waals surface area contributed by atoms with E-state index < -0.39 is 0 Å². The highest BCUT2D eigenvalue weighted by atomic mass is 14.6. The smallest absolute Gasteiger partial charge is 0.0346 e. The van der Waals surface area contributed by atoms with Crippen LogP contribution in [0.25, 0.3) is 0 Å². The van der Waals surface area contributed by atoms with Gasteiger partial charge in [-0.25, -0.2) is 0 Å². The molecule has 1 aromatic rings. The van der Waals surface area contributed by atoms with Crippen molar-refractivity contribution in [2.75, 3.05) is 5.73 Å². The van der Waals surface area contributed by atoms with Crippen LogP contribution < -0.4 is 5.73 Å². The van der Waals surface area contributed by atoms with Gasteiger partial charge in [0.1, 0.15) is 0 Å². The van der Waals surface area contributed by atoms with Crippen molar-refractivity contribution in [2.24, 2.45) is 5.92 Å². The molecule has 1 fully saturated rings. The molecular formula is C10H13N. The van der Waals surface area contributed by atoms with Crippen LogP contribution in [0.3, 0.4) is 0 Å². The summed E-state index contributed by atoms with van der Waals surface area (Å²) in [5, 5.41) is 0. The van der Waals surface area contributed by atoms with Crippen molar-refractivity contribution in [3.05, 3.63) is 29.8 Å². The molecule has 1 aliphatic rings. The Labute approximate surface area is 67.2 Å². The van der Waals surface area contributed by atoms with Gasteiger partial charge in [-0.1, -0.05) is 18.2 Å². The van der Waals surface area contributed by atoms with E-state index in [1.807, 2.05) is 12.1 Å². The minimum atomic E-state index is 0.930. The van der Waals surface area contributed by atoms with E-state index in [-0.39, 0.29) is 0 Å². The number of hydrogen-bond donors (Lipinski definition) is 1. The van der Waals surface area contributed by atoms with Gasteiger partial charge < -0.3 is 5.73 Å². The molecule has 11 heavy (non-hydrogen) atoms. The van der Waals surface area contributed by atoms with Gasteiger partial charge in [0.25, 0.3) is 0 Å². The summed E-state index contributed by atoms with van der Waals surface area (Å²) in [6, 6.07) is 8.17. The lowest BCUT2D eigenvalue weighted by atomic mass is 10.1. The normalized spacial score (nSPS) is 16.7. The highest BCUT2D eigenvalue weighted by Crippen LogP contribution is 2.33. The van der Waals surface area contributed by atoms with E-state index in [9.17, 15) is 0 Å². The average molecular weight is 147 g/mol. The first kappa shape index (κ1) is 6.71. The fourth-order valence-electron chi connectivity index (χ4n) is 1.35. The van der Waals surface area contributed by atoms with Gasteiger partial charge in [-0.15, -0.1) is 0 Å². The van der Waals surface area contributed by atoms with Gasteiger partial charge in [0.15, 0.2) is 0 Å². The predicted molar refractivity (Wildman–Crippen MR) is 47.3 cm³/mol. The molecule has 0 spiro atoms. The topological polar surface area (TPSA) is 26.0 Å². The molecule has 1 aliphatic carbocycles. The summed E-state index contributed by atoms with van der Waals surface area (Å²) < 4.78 is 0. The largest absolute Gasteiger partial charge is 0.399 e. The number of nitrogens with two attached hydrogens (primary N) is 1. The van der Waals surface area contributed by atoms with E-state index in [2.05, 4.69) is 12.1 Å². The standard InChI is InChI=1S/C10H13N/c11-10-4-2-1-3-9(10)7-8-5-6-8/h1-4,8H,5-7,11H2. The van der Waals surface area contributed by atoms with Gasteiger partial charge in [-0.05, 0) is 36.8 Å². The number of anilines is 1. The first-order valence-electron chi connectivity index (χ1n) is 4.19. The lowest BCUT2D eigenvalue weighted by Crippen LogP contribution is -1.94. The van der Waals surface area contributed by atoms with E-state index in [0.717, 1.165) is 11.6 Å². The summed E-state index contributed by atoms with van der Waals surface area (Å²) in [5.74, 6) is 0.930. The minimum absolute atomic E-state index is 0.930. The van der Waals surface area contributed by atoms with E-state index >= 15 is 0 Å². The van der Waals surface area contributed by atoms with Crippen molar-refractivity contribution < 1.29 is 0 Å². The zero-order valence-electron chi connectivity index (χ0n) is 6.59. The Morgan fingerprint density at radius 1 is 1.27 bits per heavy atom. The zero-order valence-corrected chi connectivity index (χ0v) is 6.59. The Hall–Kier alpha value is -0.980. The maximum absolute atomic E-state index is 5.80. The maximum atomic E-state index is 5.80. The summed E-state index contributed by atoms with van der Waals surface area (Å²) in [4.78, 5) is 0. The molecule has 0 amide bonds. The fourth-order valence-corrected chi connectivity index (χ4v) is 1.35. The first-order valence-corrected chi connectivity index (χ1v) is 4.19. The number of nitrogen functional groups attached to an aromatic ring is 1.